The van der Waals surface area contributed by atoms with Crippen molar-refractivity contribution in [2.75, 3.05) is 19.6 Å². The summed E-state index contributed by atoms with van der Waals surface area (Å²) in [4.78, 5) is 15.6. The van der Waals surface area contributed by atoms with Gasteiger partial charge in [-0.3, -0.25) is 4.79 Å². The normalized spacial score (nSPS) is 42.0. The van der Waals surface area contributed by atoms with Gasteiger partial charge in [0.25, 0.3) is 5.91 Å². The molecule has 1 aromatic rings. The molecule has 1 saturated heterocycles. The van der Waals surface area contributed by atoms with Crippen molar-refractivity contribution < 1.29 is 9.69 Å². The van der Waals surface area contributed by atoms with E-state index < -0.39 is 0 Å². The summed E-state index contributed by atoms with van der Waals surface area (Å²) in [5.41, 5.74) is 0.456. The number of nitrogens with one attached hydrogen (secondary N) is 2. The highest BCUT2D eigenvalue weighted by atomic mass is 32.1. The predicted molar refractivity (Wildman–Crippen MR) is 101 cm³/mol. The van der Waals surface area contributed by atoms with Crippen LogP contribution in [0.15, 0.2) is 17.5 Å². The molecule has 3 nitrogen and oxygen atoms in total. The van der Waals surface area contributed by atoms with Crippen molar-refractivity contribution in [2.45, 2.75) is 57.4 Å². The fourth-order valence-electron chi connectivity index (χ4n) is 7.02. The average Bonchev–Trinajstić information content (AvgIpc) is 3.23. The maximum Gasteiger partial charge on any atom is 0.275 e. The molecule has 25 heavy (non-hydrogen) atoms. The van der Waals surface area contributed by atoms with Crippen LogP contribution in [0.5, 0.6) is 0 Å². The highest BCUT2D eigenvalue weighted by Crippen LogP contribution is 2.59. The maximum absolute atomic E-state index is 12.7. The lowest BCUT2D eigenvalue weighted by Crippen LogP contribution is -3.11. The molecule has 5 fully saturated rings. The van der Waals surface area contributed by atoms with Gasteiger partial charge < -0.3 is 10.2 Å². The van der Waals surface area contributed by atoms with E-state index in [9.17, 15) is 4.79 Å². The van der Waals surface area contributed by atoms with E-state index in [1.165, 1.54) is 61.1 Å². The summed E-state index contributed by atoms with van der Waals surface area (Å²) in [6, 6.07) is 4.93. The topological polar surface area (TPSA) is 33.5 Å². The Kier molecular flexibility index (Phi) is 4.16. The van der Waals surface area contributed by atoms with Crippen molar-refractivity contribution >= 4 is 17.2 Å². The van der Waals surface area contributed by atoms with Crippen molar-refractivity contribution in [1.29, 1.82) is 0 Å². The van der Waals surface area contributed by atoms with Gasteiger partial charge in [-0.1, -0.05) is 6.07 Å². The third-order valence-electron chi connectivity index (χ3n) is 7.58. The molecule has 6 rings (SSSR count). The van der Waals surface area contributed by atoms with Crippen molar-refractivity contribution in [3.8, 4) is 0 Å². The first-order chi connectivity index (χ1) is 12.2. The van der Waals surface area contributed by atoms with Crippen LogP contribution >= 0.6 is 11.3 Å². The lowest BCUT2D eigenvalue weighted by molar-refractivity contribution is -0.910. The van der Waals surface area contributed by atoms with Crippen LogP contribution in [0.1, 0.15) is 62.3 Å². The molecule has 4 saturated carbocycles. The first-order valence-corrected chi connectivity index (χ1v) is 11.2. The smallest absolute Gasteiger partial charge is 0.275 e. The summed E-state index contributed by atoms with van der Waals surface area (Å²) in [7, 11) is 0. The number of thiophene rings is 1. The van der Waals surface area contributed by atoms with Gasteiger partial charge >= 0.3 is 0 Å². The first kappa shape index (κ1) is 16.3. The highest BCUT2D eigenvalue weighted by Gasteiger charge is 2.50. The number of carbonyl (C=O) groups is 1. The second kappa shape index (κ2) is 6.38. The van der Waals surface area contributed by atoms with Crippen LogP contribution in [0.3, 0.4) is 0 Å². The minimum Gasteiger partial charge on any atom is -0.351 e. The van der Waals surface area contributed by atoms with Gasteiger partial charge in [0, 0.05) is 19.4 Å². The van der Waals surface area contributed by atoms with Gasteiger partial charge in [0.15, 0.2) is 6.54 Å². The summed E-state index contributed by atoms with van der Waals surface area (Å²) in [5, 5.41) is 5.54. The molecule has 0 aromatic carbocycles. The largest absolute Gasteiger partial charge is 0.351 e. The van der Waals surface area contributed by atoms with Gasteiger partial charge in [-0.15, -0.1) is 11.3 Å². The van der Waals surface area contributed by atoms with E-state index in [2.05, 4.69) is 22.8 Å². The van der Waals surface area contributed by atoms with Crippen LogP contribution in [0.2, 0.25) is 0 Å². The number of amides is 1. The number of hydrogen-bond donors (Lipinski definition) is 2. The summed E-state index contributed by atoms with van der Waals surface area (Å²) in [5.74, 6) is 3.19. The monoisotopic (exact) mass is 359 g/mol. The number of rotatable bonds is 5. The Morgan fingerprint density at radius 1 is 1.20 bits per heavy atom. The zero-order chi connectivity index (χ0) is 16.9. The van der Waals surface area contributed by atoms with E-state index >= 15 is 0 Å². The molecule has 5 aliphatic rings. The van der Waals surface area contributed by atoms with Gasteiger partial charge in [0.05, 0.1) is 11.4 Å². The molecule has 1 aromatic heterocycles. The minimum atomic E-state index is 0.286. The molecule has 4 bridgehead atoms. The second-order valence-corrected chi connectivity index (χ2v) is 10.5. The number of hydrogen-bond acceptors (Lipinski definition) is 2. The van der Waals surface area contributed by atoms with Crippen molar-refractivity contribution in [3.05, 3.63) is 22.4 Å². The van der Waals surface area contributed by atoms with Gasteiger partial charge in [-0.25, -0.2) is 0 Å². The van der Waals surface area contributed by atoms with Crippen LogP contribution < -0.4 is 10.2 Å². The first-order valence-electron chi connectivity index (χ1n) is 10.3. The molecule has 1 amide bonds. The Bertz CT molecular complexity index is 591. The molecular weight excluding hydrogens is 328 g/mol. The average molecular weight is 360 g/mol. The third kappa shape index (κ3) is 3.16. The van der Waals surface area contributed by atoms with Gasteiger partial charge in [-0.05, 0) is 73.1 Å². The molecule has 4 aliphatic carbocycles. The quantitative estimate of drug-likeness (QED) is 0.833. The van der Waals surface area contributed by atoms with Crippen LogP contribution in [-0.4, -0.2) is 25.5 Å². The van der Waals surface area contributed by atoms with E-state index in [1.54, 1.807) is 0 Å². The van der Waals surface area contributed by atoms with Crippen molar-refractivity contribution in [3.63, 3.8) is 0 Å². The van der Waals surface area contributed by atoms with Crippen molar-refractivity contribution in [1.82, 2.24) is 5.32 Å². The molecule has 2 N–H and O–H groups in total. The Morgan fingerprint density at radius 3 is 2.56 bits per heavy atom. The van der Waals surface area contributed by atoms with E-state index in [4.69, 9.17) is 0 Å². The van der Waals surface area contributed by atoms with E-state index in [0.29, 0.717) is 18.0 Å². The zero-order valence-corrected chi connectivity index (χ0v) is 16.0. The lowest BCUT2D eigenvalue weighted by Gasteiger charge is -2.56. The van der Waals surface area contributed by atoms with Crippen LogP contribution in [0, 0.1) is 23.2 Å². The summed E-state index contributed by atoms with van der Waals surface area (Å²) >= 11 is 1.85. The SMILES string of the molecule is O=C(C[NH+]1CCC[C@@H]1c1cccs1)NCC12CC3CC(CC(C3)C1)C2. The maximum atomic E-state index is 12.7. The molecule has 0 radical (unpaired) electrons. The van der Waals surface area contributed by atoms with Crippen LogP contribution in [0.4, 0.5) is 0 Å². The number of likely N-dealkylation sites (tertiary alicyclic amines) is 1. The van der Waals surface area contributed by atoms with E-state index in [-0.39, 0.29) is 5.91 Å². The van der Waals surface area contributed by atoms with Crippen LogP contribution in [-0.2, 0) is 4.79 Å². The summed E-state index contributed by atoms with van der Waals surface area (Å²) in [6.45, 7) is 2.76. The summed E-state index contributed by atoms with van der Waals surface area (Å²) < 4.78 is 0. The molecule has 136 valence electrons. The van der Waals surface area contributed by atoms with Gasteiger partial charge in [-0.2, -0.15) is 0 Å². The Hall–Kier alpha value is -0.870. The Balaban J connectivity index is 1.17. The summed E-state index contributed by atoms with van der Waals surface area (Å²) in [6.07, 6.45) is 11.1. The zero-order valence-electron chi connectivity index (χ0n) is 15.1. The number of carbonyl (C=O) groups excluding carboxylic acids is 1. The highest BCUT2D eigenvalue weighted by molar-refractivity contribution is 7.10. The molecule has 4 heteroatoms. The second-order valence-electron chi connectivity index (χ2n) is 9.49. The fraction of sp³-hybridized carbons (Fsp3) is 0.762. The Labute approximate surface area is 155 Å². The van der Waals surface area contributed by atoms with Crippen molar-refractivity contribution in [2.24, 2.45) is 23.2 Å². The third-order valence-corrected chi connectivity index (χ3v) is 8.57. The fourth-order valence-corrected chi connectivity index (χ4v) is 7.94. The van der Waals surface area contributed by atoms with E-state index in [0.717, 1.165) is 30.8 Å². The van der Waals surface area contributed by atoms with E-state index in [1.807, 2.05) is 11.3 Å². The molecule has 2 heterocycles. The molecular formula is C21H31N2OS+. The molecule has 1 aliphatic heterocycles. The Morgan fingerprint density at radius 2 is 1.92 bits per heavy atom. The predicted octanol–water partition coefficient (Wildman–Crippen LogP) is 2.80. The minimum absolute atomic E-state index is 0.286. The molecule has 2 atom stereocenters. The van der Waals surface area contributed by atoms with Gasteiger partial charge in [0.2, 0.25) is 0 Å². The van der Waals surface area contributed by atoms with Gasteiger partial charge in [0.1, 0.15) is 6.04 Å². The number of quaternary nitrogens is 1. The molecule has 1 unspecified atom stereocenters. The molecule has 0 spiro atoms. The standard InChI is InChI=1S/C21H30N2OS/c24-20(13-23-5-1-3-18(23)19-4-2-6-25-19)22-14-21-10-15-7-16(11-21)9-17(8-15)12-21/h2,4,6,15-18H,1,3,5,7-14H2,(H,22,24)/p+1/t15?,16?,17?,18-,21?/m1/s1. The van der Waals surface area contributed by atoms with Crippen LogP contribution in [0.25, 0.3) is 0 Å². The lowest BCUT2D eigenvalue weighted by atomic mass is 9.49.